The second kappa shape index (κ2) is 7.66. The van der Waals surface area contributed by atoms with Crippen molar-refractivity contribution >= 4 is 0 Å². The maximum absolute atomic E-state index is 6.29. The van der Waals surface area contributed by atoms with Crippen molar-refractivity contribution in [2.75, 3.05) is 28.4 Å². The summed E-state index contributed by atoms with van der Waals surface area (Å²) in [6.45, 7) is 0. The van der Waals surface area contributed by atoms with Crippen LogP contribution in [0.3, 0.4) is 0 Å². The van der Waals surface area contributed by atoms with Gasteiger partial charge in [0.15, 0.2) is 23.0 Å². The molecule has 3 rings (SSSR count). The van der Waals surface area contributed by atoms with Crippen LogP contribution in [0.25, 0.3) is 0 Å². The molecule has 2 atom stereocenters. The van der Waals surface area contributed by atoms with Gasteiger partial charge < -0.3 is 23.7 Å². The highest BCUT2D eigenvalue weighted by Crippen LogP contribution is 2.44. The number of ether oxygens (including phenoxy) is 5. The number of hydrogen-bond donors (Lipinski definition) is 0. The van der Waals surface area contributed by atoms with Crippen molar-refractivity contribution in [3.63, 3.8) is 0 Å². The first-order valence-corrected chi connectivity index (χ1v) is 8.29. The molecule has 0 aromatic heterocycles. The van der Waals surface area contributed by atoms with Gasteiger partial charge in [-0.25, -0.2) is 0 Å². The SMILES string of the molecule is COc1ccc(C2CC[C@H](c3ccc(OC)c(OC)c3)O2)cc1OC. The summed E-state index contributed by atoms with van der Waals surface area (Å²) >= 11 is 0. The normalized spacial score (nSPS) is 19.5. The molecule has 1 fully saturated rings. The molecule has 5 heteroatoms. The van der Waals surface area contributed by atoms with E-state index < -0.39 is 0 Å². The molecule has 0 bridgehead atoms. The summed E-state index contributed by atoms with van der Waals surface area (Å²) < 4.78 is 27.7. The zero-order valence-electron chi connectivity index (χ0n) is 15.1. The van der Waals surface area contributed by atoms with Crippen LogP contribution >= 0.6 is 0 Å². The minimum Gasteiger partial charge on any atom is -0.493 e. The molecule has 134 valence electrons. The van der Waals surface area contributed by atoms with E-state index in [1.807, 2.05) is 36.4 Å². The molecule has 1 aliphatic rings. The Hall–Kier alpha value is -2.40. The van der Waals surface area contributed by atoms with Crippen LogP contribution in [0, 0.1) is 0 Å². The second-order valence-electron chi connectivity index (χ2n) is 5.92. The van der Waals surface area contributed by atoms with Crippen LogP contribution in [0.4, 0.5) is 0 Å². The van der Waals surface area contributed by atoms with Crippen LogP contribution in [0.1, 0.15) is 36.2 Å². The van der Waals surface area contributed by atoms with Gasteiger partial charge in [0.1, 0.15) is 0 Å². The number of hydrogen-bond acceptors (Lipinski definition) is 5. The lowest BCUT2D eigenvalue weighted by atomic mass is 10.0. The van der Waals surface area contributed by atoms with Crippen LogP contribution in [-0.2, 0) is 4.74 Å². The molecule has 2 aromatic carbocycles. The molecule has 5 nitrogen and oxygen atoms in total. The van der Waals surface area contributed by atoms with E-state index in [2.05, 4.69) is 0 Å². The monoisotopic (exact) mass is 344 g/mol. The van der Waals surface area contributed by atoms with Gasteiger partial charge in [0.05, 0.1) is 40.6 Å². The average molecular weight is 344 g/mol. The zero-order valence-corrected chi connectivity index (χ0v) is 15.1. The van der Waals surface area contributed by atoms with Gasteiger partial charge in [-0.05, 0) is 48.2 Å². The van der Waals surface area contributed by atoms with Crippen molar-refractivity contribution in [3.05, 3.63) is 47.5 Å². The molecule has 0 aliphatic carbocycles. The highest BCUT2D eigenvalue weighted by molar-refractivity contribution is 5.45. The summed E-state index contributed by atoms with van der Waals surface area (Å²) in [5.74, 6) is 2.89. The van der Waals surface area contributed by atoms with Crippen LogP contribution in [0.5, 0.6) is 23.0 Å². The van der Waals surface area contributed by atoms with Gasteiger partial charge in [0, 0.05) is 0 Å². The van der Waals surface area contributed by atoms with Crippen molar-refractivity contribution in [2.45, 2.75) is 25.0 Å². The van der Waals surface area contributed by atoms with Crippen LogP contribution in [0.15, 0.2) is 36.4 Å². The number of benzene rings is 2. The molecule has 0 N–H and O–H groups in total. The quantitative estimate of drug-likeness (QED) is 0.781. The fourth-order valence-corrected chi connectivity index (χ4v) is 3.23. The number of methoxy groups -OCH3 is 4. The second-order valence-corrected chi connectivity index (χ2v) is 5.92. The van der Waals surface area contributed by atoms with Crippen molar-refractivity contribution in [1.29, 1.82) is 0 Å². The van der Waals surface area contributed by atoms with E-state index in [9.17, 15) is 0 Å². The molecule has 0 saturated carbocycles. The molecular weight excluding hydrogens is 320 g/mol. The predicted molar refractivity (Wildman–Crippen MR) is 94.9 cm³/mol. The third-order valence-corrected chi connectivity index (χ3v) is 4.58. The Morgan fingerprint density at radius 1 is 0.640 bits per heavy atom. The van der Waals surface area contributed by atoms with Gasteiger partial charge in [-0.15, -0.1) is 0 Å². The first kappa shape index (κ1) is 17.4. The minimum atomic E-state index is 0.0397. The molecule has 1 aliphatic heterocycles. The average Bonchev–Trinajstić information content (AvgIpc) is 3.17. The van der Waals surface area contributed by atoms with E-state index in [0.29, 0.717) is 0 Å². The van der Waals surface area contributed by atoms with E-state index in [1.54, 1.807) is 28.4 Å². The Bertz CT molecular complexity index is 667. The molecule has 0 spiro atoms. The summed E-state index contributed by atoms with van der Waals surface area (Å²) in [6, 6.07) is 11.9. The highest BCUT2D eigenvalue weighted by Gasteiger charge is 2.29. The Balaban J connectivity index is 1.78. The van der Waals surface area contributed by atoms with Crippen molar-refractivity contribution in [3.8, 4) is 23.0 Å². The molecule has 1 heterocycles. The topological polar surface area (TPSA) is 46.2 Å². The van der Waals surface area contributed by atoms with Gasteiger partial charge >= 0.3 is 0 Å². The highest BCUT2D eigenvalue weighted by atomic mass is 16.5. The third kappa shape index (κ3) is 3.51. The van der Waals surface area contributed by atoms with Gasteiger partial charge in [0.25, 0.3) is 0 Å². The van der Waals surface area contributed by atoms with E-state index >= 15 is 0 Å². The first-order valence-electron chi connectivity index (χ1n) is 8.29. The van der Waals surface area contributed by atoms with E-state index in [0.717, 1.165) is 47.0 Å². The summed E-state index contributed by atoms with van der Waals surface area (Å²) in [5, 5.41) is 0. The zero-order chi connectivity index (χ0) is 17.8. The van der Waals surface area contributed by atoms with Crippen LogP contribution < -0.4 is 18.9 Å². The maximum Gasteiger partial charge on any atom is 0.161 e. The third-order valence-electron chi connectivity index (χ3n) is 4.58. The molecule has 2 aromatic rings. The van der Waals surface area contributed by atoms with Gasteiger partial charge in [-0.2, -0.15) is 0 Å². The Labute approximate surface area is 148 Å². The number of rotatable bonds is 6. The van der Waals surface area contributed by atoms with Crippen LogP contribution in [0.2, 0.25) is 0 Å². The van der Waals surface area contributed by atoms with E-state index in [1.165, 1.54) is 0 Å². The maximum atomic E-state index is 6.29. The van der Waals surface area contributed by atoms with E-state index in [4.69, 9.17) is 23.7 Å². The largest absolute Gasteiger partial charge is 0.493 e. The molecule has 0 radical (unpaired) electrons. The molecule has 1 unspecified atom stereocenters. The summed E-state index contributed by atoms with van der Waals surface area (Å²) in [4.78, 5) is 0. The Morgan fingerprint density at radius 3 is 1.40 bits per heavy atom. The fourth-order valence-electron chi connectivity index (χ4n) is 3.23. The molecular formula is C20H24O5. The summed E-state index contributed by atoms with van der Waals surface area (Å²) in [6.07, 6.45) is 1.99. The minimum absolute atomic E-state index is 0.0397. The van der Waals surface area contributed by atoms with Crippen molar-refractivity contribution in [1.82, 2.24) is 0 Å². The molecule has 1 saturated heterocycles. The predicted octanol–water partition coefficient (Wildman–Crippen LogP) is 4.31. The summed E-state index contributed by atoms with van der Waals surface area (Å²) in [7, 11) is 6.56. The lowest BCUT2D eigenvalue weighted by Crippen LogP contribution is -2.01. The van der Waals surface area contributed by atoms with E-state index in [-0.39, 0.29) is 12.2 Å². The lowest BCUT2D eigenvalue weighted by molar-refractivity contribution is 0.0438. The summed E-state index contributed by atoms with van der Waals surface area (Å²) in [5.41, 5.74) is 2.20. The Kier molecular flexibility index (Phi) is 5.34. The smallest absolute Gasteiger partial charge is 0.161 e. The fraction of sp³-hybridized carbons (Fsp3) is 0.400. The standard InChI is InChI=1S/C20H24O5/c1-21-17-7-5-13(11-19(17)23-3)15-9-10-16(25-15)14-6-8-18(22-2)20(12-14)24-4/h5-8,11-12,15-16H,9-10H2,1-4H3/t15-,16?/m1/s1. The van der Waals surface area contributed by atoms with Crippen LogP contribution in [-0.4, -0.2) is 28.4 Å². The van der Waals surface area contributed by atoms with Gasteiger partial charge in [-0.3, -0.25) is 0 Å². The Morgan fingerprint density at radius 2 is 1.04 bits per heavy atom. The molecule has 25 heavy (non-hydrogen) atoms. The first-order chi connectivity index (χ1) is 12.2. The molecule has 0 amide bonds. The van der Waals surface area contributed by atoms with Gasteiger partial charge in [0.2, 0.25) is 0 Å². The van der Waals surface area contributed by atoms with Crippen molar-refractivity contribution < 1.29 is 23.7 Å². The van der Waals surface area contributed by atoms with Crippen molar-refractivity contribution in [2.24, 2.45) is 0 Å². The lowest BCUT2D eigenvalue weighted by Gasteiger charge is -2.17. The van der Waals surface area contributed by atoms with Gasteiger partial charge in [-0.1, -0.05) is 12.1 Å².